The molecule has 0 aliphatic carbocycles. The van der Waals surface area contributed by atoms with E-state index in [0.29, 0.717) is 13.2 Å². The molecule has 3 aromatic rings. The fraction of sp³-hybridized carbons (Fsp3) is 0.458. The molecule has 4 rings (SSSR count). The van der Waals surface area contributed by atoms with E-state index >= 15 is 0 Å². The standard InChI is InChI=1S/C24H30ClN3O2S/c1-24(2,3)17-4-7-20(8-5-17)30-16-19(29)15-27-10-12-28(13-11-27)23-26-21-9-6-18(25)14-22(21)31-23/h4-9,14,19,29H,10-13,15-16H2,1-3H3. The highest BCUT2D eigenvalue weighted by Gasteiger charge is 2.22. The van der Waals surface area contributed by atoms with Crippen LogP contribution in [0, 0.1) is 0 Å². The number of halogens is 1. The third kappa shape index (κ3) is 5.69. The summed E-state index contributed by atoms with van der Waals surface area (Å²) in [7, 11) is 0. The fourth-order valence-electron chi connectivity index (χ4n) is 3.74. The van der Waals surface area contributed by atoms with Crippen LogP contribution in [-0.4, -0.2) is 60.4 Å². The monoisotopic (exact) mass is 459 g/mol. The Morgan fingerprint density at radius 1 is 1.10 bits per heavy atom. The van der Waals surface area contributed by atoms with Crippen LogP contribution >= 0.6 is 22.9 Å². The van der Waals surface area contributed by atoms with Gasteiger partial charge in [-0.2, -0.15) is 0 Å². The molecule has 1 aromatic heterocycles. The van der Waals surface area contributed by atoms with Crippen molar-refractivity contribution in [3.8, 4) is 5.75 Å². The number of hydrogen-bond donors (Lipinski definition) is 1. The SMILES string of the molecule is CC(C)(C)c1ccc(OCC(O)CN2CCN(c3nc4ccc(Cl)cc4s3)CC2)cc1. The number of thiazole rings is 1. The zero-order chi connectivity index (χ0) is 22.0. The Bertz CT molecular complexity index is 1010. The molecule has 2 aromatic carbocycles. The quantitative estimate of drug-likeness (QED) is 0.573. The topological polar surface area (TPSA) is 48.8 Å². The number of aliphatic hydroxyl groups excluding tert-OH is 1. The van der Waals surface area contributed by atoms with Crippen LogP contribution in [0.1, 0.15) is 26.3 Å². The van der Waals surface area contributed by atoms with Gasteiger partial charge in [-0.15, -0.1) is 0 Å². The van der Waals surface area contributed by atoms with Crippen LogP contribution in [-0.2, 0) is 5.41 Å². The molecule has 1 atom stereocenters. The predicted octanol–water partition coefficient (Wildman–Crippen LogP) is 4.81. The molecule has 0 spiro atoms. The number of aromatic nitrogens is 1. The summed E-state index contributed by atoms with van der Waals surface area (Å²) in [5, 5.41) is 12.2. The van der Waals surface area contributed by atoms with Gasteiger partial charge in [0.1, 0.15) is 18.5 Å². The van der Waals surface area contributed by atoms with E-state index < -0.39 is 6.10 Å². The van der Waals surface area contributed by atoms with Crippen molar-refractivity contribution in [3.05, 3.63) is 53.1 Å². The van der Waals surface area contributed by atoms with Gasteiger partial charge in [-0.1, -0.05) is 55.8 Å². The summed E-state index contributed by atoms with van der Waals surface area (Å²) >= 11 is 7.78. The van der Waals surface area contributed by atoms with E-state index in [2.05, 4.69) is 42.7 Å². The number of benzene rings is 2. The Hall–Kier alpha value is -1.86. The Balaban J connectivity index is 1.23. The second-order valence-electron chi connectivity index (χ2n) is 9.14. The largest absolute Gasteiger partial charge is 0.491 e. The number of anilines is 1. The van der Waals surface area contributed by atoms with Gasteiger partial charge in [-0.25, -0.2) is 4.98 Å². The van der Waals surface area contributed by atoms with Gasteiger partial charge in [-0.05, 0) is 41.3 Å². The van der Waals surface area contributed by atoms with Gasteiger partial charge >= 0.3 is 0 Å². The van der Waals surface area contributed by atoms with Gasteiger partial charge in [0.05, 0.1) is 10.2 Å². The van der Waals surface area contributed by atoms with Gasteiger partial charge in [0.25, 0.3) is 0 Å². The molecule has 2 heterocycles. The second kappa shape index (κ2) is 9.33. The van der Waals surface area contributed by atoms with Crippen LogP contribution in [0.3, 0.4) is 0 Å². The summed E-state index contributed by atoms with van der Waals surface area (Å²) in [6, 6.07) is 14.0. The summed E-state index contributed by atoms with van der Waals surface area (Å²) in [6.07, 6.45) is -0.515. The lowest BCUT2D eigenvalue weighted by Gasteiger charge is -2.35. The lowest BCUT2D eigenvalue weighted by atomic mass is 9.87. The highest BCUT2D eigenvalue weighted by atomic mass is 35.5. The van der Waals surface area contributed by atoms with E-state index in [1.807, 2.05) is 30.3 Å². The number of piperazine rings is 1. The highest BCUT2D eigenvalue weighted by Crippen LogP contribution is 2.31. The number of β-amino-alcohol motifs (C(OH)–C–C–N with tert-alkyl or cyclic N) is 1. The maximum absolute atomic E-state index is 10.4. The molecule has 166 valence electrons. The molecule has 0 saturated carbocycles. The van der Waals surface area contributed by atoms with Crippen molar-refractivity contribution in [2.45, 2.75) is 32.3 Å². The third-order valence-electron chi connectivity index (χ3n) is 5.61. The van der Waals surface area contributed by atoms with Crippen molar-refractivity contribution in [2.75, 3.05) is 44.2 Å². The average Bonchev–Trinajstić information content (AvgIpc) is 3.15. The van der Waals surface area contributed by atoms with Crippen molar-refractivity contribution in [3.63, 3.8) is 0 Å². The zero-order valence-electron chi connectivity index (χ0n) is 18.3. The van der Waals surface area contributed by atoms with Crippen LogP contribution in [0.2, 0.25) is 5.02 Å². The first-order valence-electron chi connectivity index (χ1n) is 10.7. The van der Waals surface area contributed by atoms with Crippen LogP contribution in [0.4, 0.5) is 5.13 Å². The predicted molar refractivity (Wildman–Crippen MR) is 130 cm³/mol. The number of rotatable bonds is 6. The first-order valence-corrected chi connectivity index (χ1v) is 11.9. The van der Waals surface area contributed by atoms with Crippen molar-refractivity contribution in [1.82, 2.24) is 9.88 Å². The smallest absolute Gasteiger partial charge is 0.186 e. The molecule has 0 radical (unpaired) electrons. The van der Waals surface area contributed by atoms with Crippen LogP contribution in [0.5, 0.6) is 5.75 Å². The summed E-state index contributed by atoms with van der Waals surface area (Å²) < 4.78 is 6.92. The molecular weight excluding hydrogens is 430 g/mol. The Morgan fingerprint density at radius 2 is 1.81 bits per heavy atom. The van der Waals surface area contributed by atoms with E-state index in [0.717, 1.165) is 52.3 Å². The van der Waals surface area contributed by atoms with E-state index in [4.69, 9.17) is 21.3 Å². The van der Waals surface area contributed by atoms with Crippen molar-refractivity contribution in [1.29, 1.82) is 0 Å². The first-order chi connectivity index (χ1) is 14.8. The lowest BCUT2D eigenvalue weighted by Crippen LogP contribution is -2.49. The molecule has 0 amide bonds. The molecular formula is C24H30ClN3O2S. The molecule has 1 aliphatic heterocycles. The van der Waals surface area contributed by atoms with E-state index in [1.54, 1.807) is 11.3 Å². The minimum atomic E-state index is -0.515. The van der Waals surface area contributed by atoms with E-state index in [-0.39, 0.29) is 5.41 Å². The maximum Gasteiger partial charge on any atom is 0.186 e. The molecule has 31 heavy (non-hydrogen) atoms. The summed E-state index contributed by atoms with van der Waals surface area (Å²) in [4.78, 5) is 9.35. The van der Waals surface area contributed by atoms with E-state index in [1.165, 1.54) is 5.56 Å². The summed E-state index contributed by atoms with van der Waals surface area (Å²) in [5.41, 5.74) is 2.39. The van der Waals surface area contributed by atoms with Crippen LogP contribution in [0.25, 0.3) is 10.2 Å². The highest BCUT2D eigenvalue weighted by molar-refractivity contribution is 7.22. The number of nitrogens with zero attached hydrogens (tertiary/aromatic N) is 3. The molecule has 5 nitrogen and oxygen atoms in total. The summed E-state index contributed by atoms with van der Waals surface area (Å²) in [5.74, 6) is 0.799. The van der Waals surface area contributed by atoms with Crippen LogP contribution in [0.15, 0.2) is 42.5 Å². The Labute approximate surface area is 193 Å². The fourth-order valence-corrected chi connectivity index (χ4v) is 5.03. The minimum absolute atomic E-state index is 0.124. The molecule has 0 bridgehead atoms. The number of aliphatic hydroxyl groups is 1. The Morgan fingerprint density at radius 3 is 2.48 bits per heavy atom. The normalized spacial score (nSPS) is 16.6. The molecule has 1 N–H and O–H groups in total. The third-order valence-corrected chi connectivity index (χ3v) is 6.93. The van der Waals surface area contributed by atoms with E-state index in [9.17, 15) is 5.11 Å². The zero-order valence-corrected chi connectivity index (χ0v) is 19.9. The van der Waals surface area contributed by atoms with Gasteiger partial charge in [0, 0.05) is 37.7 Å². The maximum atomic E-state index is 10.4. The summed E-state index contributed by atoms with van der Waals surface area (Å²) in [6.45, 7) is 11.1. The number of fused-ring (bicyclic) bond motifs is 1. The van der Waals surface area contributed by atoms with Crippen molar-refractivity contribution in [2.24, 2.45) is 0 Å². The lowest BCUT2D eigenvalue weighted by molar-refractivity contribution is 0.0663. The average molecular weight is 460 g/mol. The first kappa shape index (κ1) is 22.3. The van der Waals surface area contributed by atoms with Gasteiger partial charge < -0.3 is 14.7 Å². The molecule has 7 heteroatoms. The molecule has 1 fully saturated rings. The molecule has 1 unspecified atom stereocenters. The van der Waals surface area contributed by atoms with Crippen LogP contribution < -0.4 is 9.64 Å². The molecule has 1 aliphatic rings. The number of ether oxygens (including phenoxy) is 1. The minimum Gasteiger partial charge on any atom is -0.491 e. The van der Waals surface area contributed by atoms with Crippen molar-refractivity contribution < 1.29 is 9.84 Å². The molecule has 1 saturated heterocycles. The van der Waals surface area contributed by atoms with Gasteiger partial charge in [0.2, 0.25) is 0 Å². The Kier molecular flexibility index (Phi) is 6.72. The van der Waals surface area contributed by atoms with Gasteiger partial charge in [-0.3, -0.25) is 4.90 Å². The number of hydrogen-bond acceptors (Lipinski definition) is 6. The second-order valence-corrected chi connectivity index (χ2v) is 10.6. The van der Waals surface area contributed by atoms with Crippen molar-refractivity contribution >= 4 is 38.3 Å². The van der Waals surface area contributed by atoms with Gasteiger partial charge in [0.15, 0.2) is 5.13 Å².